The molecule has 0 spiro atoms. The number of para-hydroxylation sites is 3. The zero-order valence-corrected chi connectivity index (χ0v) is 27.2. The van der Waals surface area contributed by atoms with Crippen LogP contribution in [0.15, 0.2) is 137 Å². The van der Waals surface area contributed by atoms with Gasteiger partial charge < -0.3 is 4.74 Å². The van der Waals surface area contributed by atoms with E-state index in [0.29, 0.717) is 18.6 Å². The highest BCUT2D eigenvalue weighted by molar-refractivity contribution is 7.89. The van der Waals surface area contributed by atoms with E-state index < -0.39 is 10.0 Å². The number of esters is 1. The van der Waals surface area contributed by atoms with E-state index in [0.717, 1.165) is 50.4 Å². The van der Waals surface area contributed by atoms with Gasteiger partial charge in [-0.05, 0) is 60.9 Å². The molecule has 1 N–H and O–H groups in total. The van der Waals surface area contributed by atoms with Crippen molar-refractivity contribution >= 4 is 32.7 Å². The van der Waals surface area contributed by atoms with Gasteiger partial charge in [0.2, 0.25) is 0 Å². The molecule has 7 rings (SSSR count). The molecule has 1 aliphatic carbocycles. The lowest BCUT2D eigenvalue weighted by atomic mass is 9.98. The van der Waals surface area contributed by atoms with Crippen molar-refractivity contribution in [1.82, 2.24) is 14.4 Å². The molecule has 240 valence electrons. The summed E-state index contributed by atoms with van der Waals surface area (Å²) in [6, 6.07) is 40.8. The average Bonchev–Trinajstić information content (AvgIpc) is 3.67. The molecule has 1 aromatic heterocycles. The van der Waals surface area contributed by atoms with E-state index in [1.54, 1.807) is 24.3 Å². The first-order chi connectivity index (χ1) is 23.4. The molecule has 6 aromatic rings. The van der Waals surface area contributed by atoms with Crippen LogP contribution >= 0.6 is 0 Å². The summed E-state index contributed by atoms with van der Waals surface area (Å²) >= 11 is 0. The average molecular weight is 655 g/mol. The summed E-state index contributed by atoms with van der Waals surface area (Å²) in [5.74, 6) is 0.409. The first-order valence-electron chi connectivity index (χ1n) is 15.9. The molecule has 1 aliphatic rings. The van der Waals surface area contributed by atoms with Crippen LogP contribution in [-0.2, 0) is 26.0 Å². The topological polar surface area (TPSA) is 103 Å². The second-order valence-corrected chi connectivity index (χ2v) is 13.6. The maximum atomic E-state index is 12.9. The molecular formula is C39H34N4O4S. The number of hydrogen-bond acceptors (Lipinski definition) is 6. The van der Waals surface area contributed by atoms with E-state index in [2.05, 4.69) is 44.8 Å². The Bertz CT molecular complexity index is 2230. The number of carbonyl (C=O) groups is 1. The van der Waals surface area contributed by atoms with Gasteiger partial charge in [-0.3, -0.25) is 9.36 Å². The van der Waals surface area contributed by atoms with Gasteiger partial charge in [-0.1, -0.05) is 96.6 Å². The van der Waals surface area contributed by atoms with Crippen LogP contribution in [0.3, 0.4) is 0 Å². The van der Waals surface area contributed by atoms with E-state index in [1.807, 2.05) is 79.7 Å². The highest BCUT2D eigenvalue weighted by Gasteiger charge is 2.30. The van der Waals surface area contributed by atoms with Gasteiger partial charge in [0, 0.05) is 29.2 Å². The molecule has 8 nitrogen and oxygen atoms in total. The Hall–Kier alpha value is -5.54. The quantitative estimate of drug-likeness (QED) is 0.123. The van der Waals surface area contributed by atoms with Crippen molar-refractivity contribution in [3.63, 3.8) is 0 Å². The fourth-order valence-corrected chi connectivity index (χ4v) is 6.99. The Morgan fingerprint density at radius 2 is 1.58 bits per heavy atom. The van der Waals surface area contributed by atoms with Gasteiger partial charge in [0.15, 0.2) is 0 Å². The zero-order valence-electron chi connectivity index (χ0n) is 26.4. The molecule has 0 aliphatic heterocycles. The number of carbonyl (C=O) groups excluding carboxylic acids is 1. The first kappa shape index (κ1) is 31.1. The molecular weight excluding hydrogens is 621 g/mol. The lowest BCUT2D eigenvalue weighted by Crippen LogP contribution is -2.20. The number of nitrogens with zero attached hydrogens (tertiary/aromatic N) is 3. The number of aryl methyl sites for hydroxylation is 1. The lowest BCUT2D eigenvalue weighted by Gasteiger charge is -2.11. The number of ether oxygens (including phenoxy) is 1. The van der Waals surface area contributed by atoms with E-state index in [1.165, 1.54) is 0 Å². The maximum Gasteiger partial charge on any atom is 0.306 e. The Kier molecular flexibility index (Phi) is 8.61. The summed E-state index contributed by atoms with van der Waals surface area (Å²) in [5.41, 5.74) is 8.42. The largest absolute Gasteiger partial charge is 0.465 e. The van der Waals surface area contributed by atoms with Gasteiger partial charge in [-0.15, -0.1) is 0 Å². The third-order valence-electron chi connectivity index (χ3n) is 8.64. The number of sulfonamides is 1. The zero-order chi connectivity index (χ0) is 33.1. The van der Waals surface area contributed by atoms with Crippen molar-refractivity contribution in [2.24, 2.45) is 5.10 Å². The van der Waals surface area contributed by atoms with Crippen molar-refractivity contribution < 1.29 is 17.9 Å². The Morgan fingerprint density at radius 1 is 0.875 bits per heavy atom. The van der Waals surface area contributed by atoms with Gasteiger partial charge in [0.1, 0.15) is 5.82 Å². The van der Waals surface area contributed by atoms with Crippen molar-refractivity contribution in [2.75, 3.05) is 6.61 Å². The number of benzene rings is 5. The van der Waals surface area contributed by atoms with Crippen LogP contribution in [0.5, 0.6) is 0 Å². The molecule has 48 heavy (non-hydrogen) atoms. The number of hydrogen-bond donors (Lipinski definition) is 1. The minimum atomic E-state index is -3.82. The summed E-state index contributed by atoms with van der Waals surface area (Å²) in [4.78, 5) is 20.4. The highest BCUT2D eigenvalue weighted by Crippen LogP contribution is 2.36. The predicted molar refractivity (Wildman–Crippen MR) is 188 cm³/mol. The summed E-state index contributed by atoms with van der Waals surface area (Å²) < 4.78 is 33.5. The fraction of sp³-hybridized carbons (Fsp3) is 0.154. The SMILES string of the molecule is Cc1ccc(S(=O)(=O)NN=C2CC(CC(=O)OCCc3ccc(-c4nc5ccccc5n4-c4ccccc4)cc3)c3ccccc32)cc1. The summed E-state index contributed by atoms with van der Waals surface area (Å²) in [6.45, 7) is 2.15. The third kappa shape index (κ3) is 6.50. The van der Waals surface area contributed by atoms with Crippen LogP contribution < -0.4 is 4.83 Å². The number of hydrazone groups is 1. The molecule has 0 amide bonds. The molecule has 0 radical (unpaired) electrons. The molecule has 0 bridgehead atoms. The second-order valence-electron chi connectivity index (χ2n) is 11.9. The van der Waals surface area contributed by atoms with Crippen LogP contribution in [0.2, 0.25) is 0 Å². The van der Waals surface area contributed by atoms with Crippen LogP contribution in [0.1, 0.15) is 41.0 Å². The number of imidazole rings is 1. The fourth-order valence-electron chi connectivity index (χ4n) is 6.16. The predicted octanol–water partition coefficient (Wildman–Crippen LogP) is 7.35. The summed E-state index contributed by atoms with van der Waals surface area (Å²) in [6.07, 6.45) is 1.19. The van der Waals surface area contributed by atoms with E-state index >= 15 is 0 Å². The van der Waals surface area contributed by atoms with Crippen LogP contribution in [0.4, 0.5) is 0 Å². The minimum absolute atomic E-state index is 0.144. The van der Waals surface area contributed by atoms with Crippen molar-refractivity contribution in [2.45, 2.75) is 37.0 Å². The first-order valence-corrected chi connectivity index (χ1v) is 17.4. The number of rotatable bonds is 10. The molecule has 0 fully saturated rings. The molecule has 9 heteroatoms. The van der Waals surface area contributed by atoms with Crippen LogP contribution in [0.25, 0.3) is 28.1 Å². The van der Waals surface area contributed by atoms with Gasteiger partial charge in [-0.25, -0.2) is 4.98 Å². The van der Waals surface area contributed by atoms with Gasteiger partial charge in [0.25, 0.3) is 10.0 Å². The lowest BCUT2D eigenvalue weighted by molar-refractivity contribution is -0.143. The number of nitrogens with one attached hydrogen (secondary N) is 1. The van der Waals surface area contributed by atoms with Crippen LogP contribution in [-0.4, -0.2) is 36.3 Å². The molecule has 1 heterocycles. The standard InChI is InChI=1S/C39H34N4O4S/c1-27-15-21-32(22-16-27)48(45,46)42-41-36-25-30(33-11-5-6-12-34(33)36)26-38(44)47-24-23-28-17-19-29(20-18-28)39-40-35-13-7-8-14-37(35)43(39)31-9-3-2-4-10-31/h2-22,30,42H,23-26H2,1H3. The summed E-state index contributed by atoms with van der Waals surface area (Å²) in [7, 11) is -3.82. The Balaban J connectivity index is 0.979. The van der Waals surface area contributed by atoms with E-state index in [9.17, 15) is 13.2 Å². The highest BCUT2D eigenvalue weighted by atomic mass is 32.2. The minimum Gasteiger partial charge on any atom is -0.465 e. The normalized spacial score (nSPS) is 15.0. The molecule has 1 unspecified atom stereocenters. The van der Waals surface area contributed by atoms with Crippen molar-refractivity contribution in [3.8, 4) is 17.1 Å². The number of fused-ring (bicyclic) bond motifs is 2. The second kappa shape index (κ2) is 13.3. The van der Waals surface area contributed by atoms with Crippen molar-refractivity contribution in [3.05, 3.63) is 150 Å². The van der Waals surface area contributed by atoms with Gasteiger partial charge >= 0.3 is 5.97 Å². The summed E-state index contributed by atoms with van der Waals surface area (Å²) in [5, 5.41) is 4.28. The number of aromatic nitrogens is 2. The molecule has 0 saturated carbocycles. The van der Waals surface area contributed by atoms with Crippen molar-refractivity contribution in [1.29, 1.82) is 0 Å². The van der Waals surface area contributed by atoms with Gasteiger partial charge in [0.05, 0.1) is 34.7 Å². The maximum absolute atomic E-state index is 12.9. The van der Waals surface area contributed by atoms with E-state index in [-0.39, 0.29) is 29.8 Å². The Morgan fingerprint density at radius 3 is 2.38 bits per heavy atom. The van der Waals surface area contributed by atoms with E-state index in [4.69, 9.17) is 9.72 Å². The Labute approximate surface area is 279 Å². The molecule has 1 atom stereocenters. The third-order valence-corrected chi connectivity index (χ3v) is 9.86. The molecule has 0 saturated heterocycles. The van der Waals surface area contributed by atoms with Crippen LogP contribution in [0, 0.1) is 6.92 Å². The molecule has 5 aromatic carbocycles. The van der Waals surface area contributed by atoms with Gasteiger partial charge in [-0.2, -0.15) is 18.4 Å². The smallest absolute Gasteiger partial charge is 0.306 e. The monoisotopic (exact) mass is 654 g/mol.